The van der Waals surface area contributed by atoms with Crippen molar-refractivity contribution in [2.24, 2.45) is 7.05 Å². The summed E-state index contributed by atoms with van der Waals surface area (Å²) in [6.07, 6.45) is 5.01. The topological polar surface area (TPSA) is 43.0 Å². The highest BCUT2D eigenvalue weighted by Crippen LogP contribution is 2.17. The molecule has 0 aromatic carbocycles. The highest BCUT2D eigenvalue weighted by atomic mass is 32.2. The molecule has 0 saturated heterocycles. The summed E-state index contributed by atoms with van der Waals surface area (Å²) in [4.78, 5) is 0. The number of rotatable bonds is 6. The van der Waals surface area contributed by atoms with Crippen LogP contribution in [-0.4, -0.2) is 16.0 Å². The molecule has 18 heavy (non-hydrogen) atoms. The normalized spacial score (nSPS) is 10.8. The van der Waals surface area contributed by atoms with Gasteiger partial charge in [-0.25, -0.2) is 0 Å². The Hall–Kier alpha value is -1.36. The first-order valence-electron chi connectivity index (χ1n) is 6.05. The van der Waals surface area contributed by atoms with E-state index in [4.69, 9.17) is 4.42 Å². The molecule has 2 aromatic rings. The summed E-state index contributed by atoms with van der Waals surface area (Å²) in [7, 11) is 1.94. The molecule has 2 aromatic heterocycles. The van der Waals surface area contributed by atoms with E-state index < -0.39 is 0 Å². The zero-order valence-electron chi connectivity index (χ0n) is 11.1. The highest BCUT2D eigenvalue weighted by Gasteiger charge is 2.06. The molecule has 0 aliphatic heterocycles. The summed E-state index contributed by atoms with van der Waals surface area (Å²) >= 11 is 1.76. The number of furan rings is 1. The van der Waals surface area contributed by atoms with Gasteiger partial charge in [-0.1, -0.05) is 6.92 Å². The number of anilines is 1. The molecule has 5 heteroatoms. The molecule has 0 unspecified atom stereocenters. The molecule has 0 aliphatic rings. The van der Waals surface area contributed by atoms with E-state index in [1.165, 1.54) is 0 Å². The van der Waals surface area contributed by atoms with Crippen LogP contribution in [0.1, 0.15) is 24.1 Å². The second-order valence-corrected chi connectivity index (χ2v) is 5.04. The van der Waals surface area contributed by atoms with Crippen LogP contribution in [0.4, 0.5) is 5.69 Å². The van der Waals surface area contributed by atoms with Crippen molar-refractivity contribution in [3.63, 3.8) is 0 Å². The number of aryl methyl sites for hydroxylation is 2. The molecule has 0 fully saturated rings. The van der Waals surface area contributed by atoms with Crippen molar-refractivity contribution in [2.45, 2.75) is 25.6 Å². The van der Waals surface area contributed by atoms with Gasteiger partial charge in [-0.15, -0.1) is 0 Å². The van der Waals surface area contributed by atoms with Gasteiger partial charge in [0.15, 0.2) is 0 Å². The summed E-state index contributed by atoms with van der Waals surface area (Å²) in [5.74, 6) is 2.92. The SMILES string of the molecule is CCc1nn(C)cc1NCc1ccc(CSC)o1. The van der Waals surface area contributed by atoms with Gasteiger partial charge >= 0.3 is 0 Å². The average molecular weight is 265 g/mol. The molecule has 98 valence electrons. The molecule has 0 saturated carbocycles. The number of nitrogens with one attached hydrogen (secondary N) is 1. The van der Waals surface area contributed by atoms with Crippen LogP contribution in [0, 0.1) is 0 Å². The molecular formula is C13H19N3OS. The maximum absolute atomic E-state index is 5.72. The van der Waals surface area contributed by atoms with Gasteiger partial charge < -0.3 is 9.73 Å². The van der Waals surface area contributed by atoms with E-state index in [1.54, 1.807) is 11.8 Å². The maximum atomic E-state index is 5.72. The van der Waals surface area contributed by atoms with E-state index in [0.717, 1.165) is 35.1 Å². The Morgan fingerprint density at radius 2 is 2.17 bits per heavy atom. The van der Waals surface area contributed by atoms with Crippen molar-refractivity contribution in [1.82, 2.24) is 9.78 Å². The fourth-order valence-corrected chi connectivity index (χ4v) is 2.30. The fourth-order valence-electron chi connectivity index (χ4n) is 1.86. The molecule has 2 heterocycles. The fraction of sp³-hybridized carbons (Fsp3) is 0.462. The zero-order chi connectivity index (χ0) is 13.0. The predicted molar refractivity (Wildman–Crippen MR) is 75.8 cm³/mol. The van der Waals surface area contributed by atoms with Gasteiger partial charge in [-0.3, -0.25) is 4.68 Å². The van der Waals surface area contributed by atoms with Gasteiger partial charge in [0, 0.05) is 13.2 Å². The van der Waals surface area contributed by atoms with Crippen LogP contribution in [0.25, 0.3) is 0 Å². The molecule has 0 radical (unpaired) electrons. The first kappa shape index (κ1) is 13.1. The third kappa shape index (κ3) is 3.10. The third-order valence-electron chi connectivity index (χ3n) is 2.70. The van der Waals surface area contributed by atoms with Crippen molar-refractivity contribution >= 4 is 17.4 Å². The summed E-state index contributed by atoms with van der Waals surface area (Å²) < 4.78 is 7.55. The van der Waals surface area contributed by atoms with Crippen LogP contribution >= 0.6 is 11.8 Å². The van der Waals surface area contributed by atoms with Crippen molar-refractivity contribution in [3.05, 3.63) is 35.5 Å². The van der Waals surface area contributed by atoms with Crippen molar-refractivity contribution in [3.8, 4) is 0 Å². The Morgan fingerprint density at radius 3 is 2.89 bits per heavy atom. The molecule has 4 nitrogen and oxygen atoms in total. The highest BCUT2D eigenvalue weighted by molar-refractivity contribution is 7.97. The van der Waals surface area contributed by atoms with Gasteiger partial charge in [0.2, 0.25) is 0 Å². The van der Waals surface area contributed by atoms with Crippen LogP contribution in [0.15, 0.2) is 22.7 Å². The van der Waals surface area contributed by atoms with E-state index >= 15 is 0 Å². The summed E-state index contributed by atoms with van der Waals surface area (Å²) in [6.45, 7) is 2.81. The third-order valence-corrected chi connectivity index (χ3v) is 3.27. The summed E-state index contributed by atoms with van der Waals surface area (Å²) in [6, 6.07) is 4.07. The maximum Gasteiger partial charge on any atom is 0.123 e. The zero-order valence-corrected chi connectivity index (χ0v) is 11.9. The molecule has 0 atom stereocenters. The monoisotopic (exact) mass is 265 g/mol. The van der Waals surface area contributed by atoms with Crippen LogP contribution in [-0.2, 0) is 25.8 Å². The van der Waals surface area contributed by atoms with Crippen LogP contribution in [0.5, 0.6) is 0 Å². The predicted octanol–water partition coefficient (Wildman–Crippen LogP) is 3.05. The first-order valence-corrected chi connectivity index (χ1v) is 7.45. The van der Waals surface area contributed by atoms with Crippen molar-refractivity contribution in [1.29, 1.82) is 0 Å². The lowest BCUT2D eigenvalue weighted by molar-refractivity contribution is 0.487. The van der Waals surface area contributed by atoms with Crippen LogP contribution < -0.4 is 5.32 Å². The molecular weight excluding hydrogens is 246 g/mol. The second-order valence-electron chi connectivity index (χ2n) is 4.17. The number of hydrogen-bond donors (Lipinski definition) is 1. The van der Waals surface area contributed by atoms with Crippen molar-refractivity contribution < 1.29 is 4.42 Å². The van der Waals surface area contributed by atoms with Gasteiger partial charge in [0.25, 0.3) is 0 Å². The van der Waals surface area contributed by atoms with Gasteiger partial charge in [0.1, 0.15) is 11.5 Å². The minimum Gasteiger partial charge on any atom is -0.463 e. The Bertz CT molecular complexity index is 504. The number of nitrogens with zero attached hydrogens (tertiary/aromatic N) is 2. The number of thioether (sulfide) groups is 1. The molecule has 2 rings (SSSR count). The minimum atomic E-state index is 0.701. The Morgan fingerprint density at radius 1 is 1.39 bits per heavy atom. The van der Waals surface area contributed by atoms with E-state index in [9.17, 15) is 0 Å². The van der Waals surface area contributed by atoms with E-state index in [-0.39, 0.29) is 0 Å². The van der Waals surface area contributed by atoms with Crippen LogP contribution in [0.2, 0.25) is 0 Å². The molecule has 0 amide bonds. The Kier molecular flexibility index (Phi) is 4.36. The Labute approximate surface area is 112 Å². The molecule has 0 bridgehead atoms. The lowest BCUT2D eigenvalue weighted by atomic mass is 10.3. The first-order chi connectivity index (χ1) is 8.72. The van der Waals surface area contributed by atoms with E-state index in [1.807, 2.05) is 30.1 Å². The largest absolute Gasteiger partial charge is 0.463 e. The minimum absolute atomic E-state index is 0.701. The van der Waals surface area contributed by atoms with Gasteiger partial charge in [-0.2, -0.15) is 16.9 Å². The quantitative estimate of drug-likeness (QED) is 0.871. The van der Waals surface area contributed by atoms with Gasteiger partial charge in [-0.05, 0) is 24.8 Å². The smallest absolute Gasteiger partial charge is 0.123 e. The lowest BCUT2D eigenvalue weighted by Gasteiger charge is -2.02. The molecule has 0 aliphatic carbocycles. The van der Waals surface area contributed by atoms with E-state index in [0.29, 0.717) is 6.54 Å². The average Bonchev–Trinajstić information content (AvgIpc) is 2.93. The number of aromatic nitrogens is 2. The van der Waals surface area contributed by atoms with Crippen molar-refractivity contribution in [2.75, 3.05) is 11.6 Å². The standard InChI is InChI=1S/C13H19N3OS/c1-4-12-13(8-16(2)15-12)14-7-10-5-6-11(17-10)9-18-3/h5-6,8,14H,4,7,9H2,1-3H3. The second kappa shape index (κ2) is 6.00. The molecule has 1 N–H and O–H groups in total. The Balaban J connectivity index is 1.97. The van der Waals surface area contributed by atoms with E-state index in [2.05, 4.69) is 23.6 Å². The molecule has 0 spiro atoms. The summed E-state index contributed by atoms with van der Waals surface area (Å²) in [5, 5.41) is 7.77. The number of hydrogen-bond acceptors (Lipinski definition) is 4. The lowest BCUT2D eigenvalue weighted by Crippen LogP contribution is -1.99. The van der Waals surface area contributed by atoms with Crippen LogP contribution in [0.3, 0.4) is 0 Å². The van der Waals surface area contributed by atoms with Gasteiger partial charge in [0.05, 0.1) is 23.7 Å². The summed E-state index contributed by atoms with van der Waals surface area (Å²) in [5.41, 5.74) is 2.18.